The van der Waals surface area contributed by atoms with E-state index in [2.05, 4.69) is 153 Å². The van der Waals surface area contributed by atoms with E-state index in [-0.39, 0.29) is 5.41 Å². The topological polar surface area (TPSA) is 3.24 Å². The molecule has 2 aliphatic rings. The van der Waals surface area contributed by atoms with Gasteiger partial charge in [-0.25, -0.2) is 0 Å². The van der Waals surface area contributed by atoms with E-state index in [0.29, 0.717) is 5.92 Å². The van der Waals surface area contributed by atoms with Gasteiger partial charge in [0.15, 0.2) is 0 Å². The van der Waals surface area contributed by atoms with E-state index >= 15 is 0 Å². The highest BCUT2D eigenvalue weighted by atomic mass is 32.1. The molecule has 0 amide bonds. The van der Waals surface area contributed by atoms with Gasteiger partial charge in [0.25, 0.3) is 0 Å². The average molecular weight is 560 g/mol. The number of hydrogen-bond donors (Lipinski definition) is 0. The summed E-state index contributed by atoms with van der Waals surface area (Å²) in [4.78, 5) is 3.92. The van der Waals surface area contributed by atoms with Gasteiger partial charge < -0.3 is 4.90 Å². The largest absolute Gasteiger partial charge is 0.309 e. The standard InChI is InChI=1S/C40H33NS/c1-26-24-34-37(31-20-10-11-22-33(31)40(34,2)3)39-36(26)32-21-13-23-35(38(32)42-39)41(29-17-8-5-9-18-29)30-19-12-16-28(25-30)27-14-6-4-7-15-27/h4-23,25-26H,24H2,1-3H3/t26-/m1/s1. The maximum Gasteiger partial charge on any atom is 0.0640 e. The molecule has 204 valence electrons. The number of hydrogen-bond acceptors (Lipinski definition) is 2. The molecule has 0 saturated heterocycles. The van der Waals surface area contributed by atoms with Gasteiger partial charge >= 0.3 is 0 Å². The SMILES string of the molecule is C[C@@H]1CC2=C(c3ccccc3C2(C)C)c2sc3c(N(c4ccccc4)c4cccc(-c5ccccc5)c4)cccc3c21. The van der Waals surface area contributed by atoms with Crippen molar-refractivity contribution in [3.63, 3.8) is 0 Å². The first-order valence-electron chi connectivity index (χ1n) is 14.9. The molecule has 42 heavy (non-hydrogen) atoms. The van der Waals surface area contributed by atoms with Crippen LogP contribution in [0.2, 0.25) is 0 Å². The maximum absolute atomic E-state index is 2.45. The number of para-hydroxylation sites is 1. The highest BCUT2D eigenvalue weighted by Gasteiger charge is 2.43. The van der Waals surface area contributed by atoms with Crippen LogP contribution in [0.1, 0.15) is 54.7 Å². The van der Waals surface area contributed by atoms with Crippen molar-refractivity contribution in [2.45, 2.75) is 38.5 Å². The number of allylic oxidation sites excluding steroid dienone is 1. The van der Waals surface area contributed by atoms with E-state index in [1.54, 1.807) is 5.57 Å². The molecule has 0 saturated carbocycles. The first kappa shape index (κ1) is 25.3. The molecule has 1 aromatic heterocycles. The fraction of sp³-hybridized carbons (Fsp3) is 0.150. The summed E-state index contributed by atoms with van der Waals surface area (Å²) in [7, 11) is 0. The van der Waals surface area contributed by atoms with Crippen LogP contribution < -0.4 is 4.90 Å². The summed E-state index contributed by atoms with van der Waals surface area (Å²) in [6.45, 7) is 7.27. The molecule has 0 spiro atoms. The summed E-state index contributed by atoms with van der Waals surface area (Å²) in [5.74, 6) is 0.475. The summed E-state index contributed by atoms with van der Waals surface area (Å²) < 4.78 is 1.36. The second-order valence-corrected chi connectivity index (χ2v) is 13.2. The van der Waals surface area contributed by atoms with Gasteiger partial charge in [0, 0.05) is 21.7 Å². The Kier molecular flexibility index (Phi) is 5.77. The lowest BCUT2D eigenvalue weighted by molar-refractivity contribution is 0.577. The van der Waals surface area contributed by atoms with Crippen molar-refractivity contribution in [1.29, 1.82) is 0 Å². The molecule has 2 aliphatic carbocycles. The predicted octanol–water partition coefficient (Wildman–Crippen LogP) is 11.6. The molecule has 2 heteroatoms. The van der Waals surface area contributed by atoms with Crippen LogP contribution in [0, 0.1) is 0 Å². The zero-order chi connectivity index (χ0) is 28.4. The van der Waals surface area contributed by atoms with Gasteiger partial charge in [-0.05, 0) is 81.4 Å². The molecule has 0 unspecified atom stereocenters. The third-order valence-corrected chi connectivity index (χ3v) is 10.6. The van der Waals surface area contributed by atoms with Crippen LogP contribution in [0.5, 0.6) is 0 Å². The molecule has 1 nitrogen and oxygen atoms in total. The number of fused-ring (bicyclic) bond motifs is 6. The van der Waals surface area contributed by atoms with Crippen LogP contribution in [0.4, 0.5) is 17.1 Å². The van der Waals surface area contributed by atoms with E-state index in [0.717, 1.165) is 6.42 Å². The Morgan fingerprint density at radius 2 is 1.36 bits per heavy atom. The Balaban J connectivity index is 1.37. The summed E-state index contributed by atoms with van der Waals surface area (Å²) in [5.41, 5.74) is 13.6. The molecule has 0 bridgehead atoms. The van der Waals surface area contributed by atoms with Crippen molar-refractivity contribution in [2.75, 3.05) is 4.90 Å². The number of nitrogens with zero attached hydrogens (tertiary/aromatic N) is 1. The van der Waals surface area contributed by atoms with Crippen molar-refractivity contribution < 1.29 is 0 Å². The van der Waals surface area contributed by atoms with Crippen molar-refractivity contribution in [3.8, 4) is 11.1 Å². The minimum atomic E-state index is 0.0604. The van der Waals surface area contributed by atoms with Gasteiger partial charge in [-0.15, -0.1) is 11.3 Å². The van der Waals surface area contributed by atoms with Gasteiger partial charge in [0.1, 0.15) is 0 Å². The quantitative estimate of drug-likeness (QED) is 0.208. The number of rotatable bonds is 4. The molecule has 8 rings (SSSR count). The third kappa shape index (κ3) is 3.75. The van der Waals surface area contributed by atoms with Crippen LogP contribution in [0.25, 0.3) is 26.8 Å². The predicted molar refractivity (Wildman–Crippen MR) is 180 cm³/mol. The van der Waals surface area contributed by atoms with Crippen molar-refractivity contribution in [3.05, 3.63) is 155 Å². The Morgan fingerprint density at radius 3 is 2.17 bits per heavy atom. The van der Waals surface area contributed by atoms with Crippen LogP contribution in [0.15, 0.2) is 133 Å². The number of benzene rings is 5. The zero-order valence-corrected chi connectivity index (χ0v) is 25.1. The molecule has 6 aromatic rings. The van der Waals surface area contributed by atoms with E-state index in [4.69, 9.17) is 0 Å². The van der Waals surface area contributed by atoms with E-state index in [1.165, 1.54) is 65.4 Å². The smallest absolute Gasteiger partial charge is 0.0640 e. The van der Waals surface area contributed by atoms with Crippen LogP contribution in [-0.4, -0.2) is 0 Å². The molecule has 0 radical (unpaired) electrons. The van der Waals surface area contributed by atoms with Crippen molar-refractivity contribution in [2.24, 2.45) is 0 Å². The van der Waals surface area contributed by atoms with E-state index < -0.39 is 0 Å². The van der Waals surface area contributed by atoms with E-state index in [1.807, 2.05) is 11.3 Å². The highest BCUT2D eigenvalue weighted by Crippen LogP contribution is 2.59. The van der Waals surface area contributed by atoms with Gasteiger partial charge in [-0.2, -0.15) is 0 Å². The van der Waals surface area contributed by atoms with Crippen molar-refractivity contribution >= 4 is 44.1 Å². The second-order valence-electron chi connectivity index (χ2n) is 12.2. The van der Waals surface area contributed by atoms with Gasteiger partial charge in [0.2, 0.25) is 0 Å². The second kappa shape index (κ2) is 9.58. The maximum atomic E-state index is 2.45. The van der Waals surface area contributed by atoms with Crippen LogP contribution >= 0.6 is 11.3 Å². The minimum Gasteiger partial charge on any atom is -0.309 e. The zero-order valence-electron chi connectivity index (χ0n) is 24.3. The highest BCUT2D eigenvalue weighted by molar-refractivity contribution is 7.21. The first-order chi connectivity index (χ1) is 20.5. The Bertz CT molecular complexity index is 1990. The lowest BCUT2D eigenvalue weighted by atomic mass is 9.74. The molecule has 0 fully saturated rings. The lowest BCUT2D eigenvalue weighted by Gasteiger charge is -2.30. The molecule has 1 atom stereocenters. The third-order valence-electron chi connectivity index (χ3n) is 9.36. The average Bonchev–Trinajstić information content (AvgIpc) is 3.53. The Labute approximate surface area is 252 Å². The molecule has 1 heterocycles. The Morgan fingerprint density at radius 1 is 0.690 bits per heavy atom. The van der Waals surface area contributed by atoms with Crippen molar-refractivity contribution in [1.82, 2.24) is 0 Å². The fourth-order valence-corrected chi connectivity index (χ4v) is 8.85. The summed E-state index contributed by atoms with van der Waals surface area (Å²) in [5, 5.41) is 1.40. The molecule has 5 aromatic carbocycles. The molecule has 0 N–H and O–H groups in total. The van der Waals surface area contributed by atoms with Crippen LogP contribution in [0.3, 0.4) is 0 Å². The molecular weight excluding hydrogens is 527 g/mol. The molecular formula is C40H33NS. The van der Waals surface area contributed by atoms with Crippen LogP contribution in [-0.2, 0) is 5.41 Å². The lowest BCUT2D eigenvalue weighted by Crippen LogP contribution is -2.20. The summed E-state index contributed by atoms with van der Waals surface area (Å²) >= 11 is 1.99. The molecule has 0 aliphatic heterocycles. The number of anilines is 3. The van der Waals surface area contributed by atoms with E-state index in [9.17, 15) is 0 Å². The van der Waals surface area contributed by atoms with Gasteiger partial charge in [-0.3, -0.25) is 0 Å². The van der Waals surface area contributed by atoms with Gasteiger partial charge in [-0.1, -0.05) is 123 Å². The first-order valence-corrected chi connectivity index (χ1v) is 15.7. The monoisotopic (exact) mass is 559 g/mol. The Hall–Kier alpha value is -4.40. The normalized spacial score (nSPS) is 16.7. The fourth-order valence-electron chi connectivity index (χ4n) is 7.34. The summed E-state index contributed by atoms with van der Waals surface area (Å²) in [6.07, 6.45) is 1.11. The summed E-state index contributed by atoms with van der Waals surface area (Å²) in [6, 6.07) is 46.5. The van der Waals surface area contributed by atoms with Gasteiger partial charge in [0.05, 0.1) is 10.4 Å². The minimum absolute atomic E-state index is 0.0604. The number of thiophene rings is 1.